The second-order valence-electron chi connectivity index (χ2n) is 3.39. The molecule has 0 amide bonds. The van der Waals surface area contributed by atoms with Gasteiger partial charge < -0.3 is 10.8 Å². The van der Waals surface area contributed by atoms with Crippen molar-refractivity contribution in [1.29, 1.82) is 0 Å². The fourth-order valence-electron chi connectivity index (χ4n) is 1.34. The van der Waals surface area contributed by atoms with Gasteiger partial charge in [0.25, 0.3) is 0 Å². The molecule has 0 rings (SSSR count). The molecule has 0 fully saturated rings. The number of rotatable bonds is 7. The van der Waals surface area contributed by atoms with Gasteiger partial charge in [0.05, 0.1) is 0 Å². The fourth-order valence-corrected chi connectivity index (χ4v) is 2.53. The van der Waals surface area contributed by atoms with Gasteiger partial charge in [-0.15, -0.1) is 0 Å². The summed E-state index contributed by atoms with van der Waals surface area (Å²) < 4.78 is 0.239. The van der Waals surface area contributed by atoms with E-state index in [1.54, 1.807) is 0 Å². The second-order valence-corrected chi connectivity index (χ2v) is 5.08. The van der Waals surface area contributed by atoms with Crippen LogP contribution in [0.4, 0.5) is 0 Å². The highest BCUT2D eigenvalue weighted by Gasteiger charge is 2.22. The van der Waals surface area contributed by atoms with Crippen LogP contribution in [0.1, 0.15) is 33.1 Å². The lowest BCUT2D eigenvalue weighted by Crippen LogP contribution is -2.23. The van der Waals surface area contributed by atoms with Gasteiger partial charge in [0.2, 0.25) is 0 Å². The van der Waals surface area contributed by atoms with E-state index in [9.17, 15) is 0 Å². The second kappa shape index (κ2) is 11.7. The van der Waals surface area contributed by atoms with Crippen LogP contribution in [-0.4, -0.2) is 34.9 Å². The van der Waals surface area contributed by atoms with Gasteiger partial charge in [-0.25, -0.2) is 0 Å². The average Bonchev–Trinajstić information content (AvgIpc) is 2.17. The maximum absolute atomic E-state index is 8.88. The van der Waals surface area contributed by atoms with Crippen molar-refractivity contribution in [2.75, 3.05) is 18.9 Å². The zero-order chi connectivity index (χ0) is 12.2. The highest BCUT2D eigenvalue weighted by molar-refractivity contribution is 8.00. The van der Waals surface area contributed by atoms with Gasteiger partial charge in [-0.1, -0.05) is 20.3 Å². The molecule has 90 valence electrons. The largest absolute Gasteiger partial charge is 0.396 e. The minimum absolute atomic E-state index is 0.239. The van der Waals surface area contributed by atoms with Crippen LogP contribution in [0.5, 0.6) is 0 Å². The molecule has 0 aliphatic rings. The van der Waals surface area contributed by atoms with Gasteiger partial charge in [0, 0.05) is 23.7 Å². The maximum atomic E-state index is 8.88. The van der Waals surface area contributed by atoms with Gasteiger partial charge in [-0.2, -0.15) is 21.4 Å². The summed E-state index contributed by atoms with van der Waals surface area (Å²) in [5, 5.41) is 8.88. The fraction of sp³-hybridized carbons (Fsp3) is 0.900. The summed E-state index contributed by atoms with van der Waals surface area (Å²) in [7, 11) is 0. The Labute approximate surface area is 95.6 Å². The van der Waals surface area contributed by atoms with Crippen LogP contribution in [0.15, 0.2) is 0 Å². The summed E-state index contributed by atoms with van der Waals surface area (Å²) in [5.41, 5.74) is 5.44. The molecule has 0 saturated carbocycles. The molecule has 0 bridgehead atoms. The van der Waals surface area contributed by atoms with Crippen LogP contribution < -0.4 is 5.73 Å². The Kier molecular flexibility index (Phi) is 13.3. The topological polar surface area (TPSA) is 80.4 Å². The van der Waals surface area contributed by atoms with E-state index >= 15 is 0 Å². The summed E-state index contributed by atoms with van der Waals surface area (Å²) in [6.07, 6.45) is 3.47. The number of hydrogen-bond donors (Lipinski definition) is 2. The quantitative estimate of drug-likeness (QED) is 0.689. The van der Waals surface area contributed by atoms with Crippen molar-refractivity contribution in [2.45, 2.75) is 37.9 Å². The number of aliphatic hydroxyl groups excluding tert-OH is 1. The average molecular weight is 235 g/mol. The summed E-state index contributed by atoms with van der Waals surface area (Å²) in [5.74, 6) is 0.997. The molecule has 0 aromatic carbocycles. The molecule has 0 aliphatic heterocycles. The summed E-state index contributed by atoms with van der Waals surface area (Å²) >= 11 is 1.89. The van der Waals surface area contributed by atoms with Gasteiger partial charge >= 0.3 is 6.15 Å². The lowest BCUT2D eigenvalue weighted by molar-refractivity contribution is -0.191. The van der Waals surface area contributed by atoms with E-state index in [-0.39, 0.29) is 17.5 Å². The lowest BCUT2D eigenvalue weighted by Gasteiger charge is -2.27. The van der Waals surface area contributed by atoms with E-state index < -0.39 is 0 Å². The minimum Gasteiger partial charge on any atom is -0.396 e. The molecule has 0 radical (unpaired) electrons. The van der Waals surface area contributed by atoms with Crippen LogP contribution in [-0.2, 0) is 9.59 Å². The Balaban J connectivity index is 0. The molecule has 3 N–H and O–H groups in total. The van der Waals surface area contributed by atoms with Crippen LogP contribution >= 0.6 is 11.8 Å². The van der Waals surface area contributed by atoms with E-state index in [0.717, 1.165) is 25.1 Å². The molecule has 4 nitrogen and oxygen atoms in total. The first-order chi connectivity index (χ1) is 7.10. The first kappa shape index (κ1) is 17.1. The monoisotopic (exact) mass is 235 g/mol. The molecule has 0 spiro atoms. The van der Waals surface area contributed by atoms with Crippen LogP contribution in [0.25, 0.3) is 0 Å². The Hall–Kier alpha value is -0.350. The van der Waals surface area contributed by atoms with Crippen LogP contribution in [0, 0.1) is 0 Å². The predicted octanol–water partition coefficient (Wildman–Crippen LogP) is 1.04. The Bertz CT molecular complexity index is 164. The van der Waals surface area contributed by atoms with E-state index in [2.05, 4.69) is 13.8 Å². The number of hydrogen-bond acceptors (Lipinski definition) is 5. The number of carbonyl (C=O) groups excluding carboxylic acids is 2. The molecule has 0 aliphatic carbocycles. The summed E-state index contributed by atoms with van der Waals surface area (Å²) in [4.78, 5) is 16.2. The van der Waals surface area contributed by atoms with Crippen molar-refractivity contribution in [3.8, 4) is 0 Å². The molecule has 0 saturated heterocycles. The lowest BCUT2D eigenvalue weighted by atomic mass is 10.0. The maximum Gasteiger partial charge on any atom is 0.373 e. The highest BCUT2D eigenvalue weighted by Crippen LogP contribution is 2.32. The van der Waals surface area contributed by atoms with E-state index in [1.165, 1.54) is 6.42 Å². The third-order valence-electron chi connectivity index (χ3n) is 1.99. The minimum atomic E-state index is 0.239. The summed E-state index contributed by atoms with van der Waals surface area (Å²) in [6.45, 7) is 5.41. The SMILES string of the molecule is CCCC(C)(CCO)SCCN.O=C=O. The molecule has 1 unspecified atom stereocenters. The van der Waals surface area contributed by atoms with Crippen molar-refractivity contribution in [3.63, 3.8) is 0 Å². The van der Waals surface area contributed by atoms with Crippen molar-refractivity contribution in [1.82, 2.24) is 0 Å². The molecule has 15 heavy (non-hydrogen) atoms. The third-order valence-corrected chi connectivity index (χ3v) is 3.53. The van der Waals surface area contributed by atoms with Crippen LogP contribution in [0.3, 0.4) is 0 Å². The van der Waals surface area contributed by atoms with Crippen molar-refractivity contribution >= 4 is 17.9 Å². The van der Waals surface area contributed by atoms with Gasteiger partial charge in [0.15, 0.2) is 0 Å². The van der Waals surface area contributed by atoms with Crippen molar-refractivity contribution in [2.24, 2.45) is 5.73 Å². The van der Waals surface area contributed by atoms with E-state index in [4.69, 9.17) is 20.4 Å². The molecule has 0 aromatic rings. The van der Waals surface area contributed by atoms with Gasteiger partial charge in [-0.3, -0.25) is 0 Å². The van der Waals surface area contributed by atoms with E-state index in [0.29, 0.717) is 0 Å². The highest BCUT2D eigenvalue weighted by atomic mass is 32.2. The molecule has 1 atom stereocenters. The Morgan fingerprint density at radius 2 is 1.93 bits per heavy atom. The normalized spacial score (nSPS) is 13.3. The van der Waals surface area contributed by atoms with Crippen molar-refractivity contribution in [3.05, 3.63) is 0 Å². The Morgan fingerprint density at radius 1 is 1.40 bits per heavy atom. The predicted molar refractivity (Wildman–Crippen MR) is 61.5 cm³/mol. The number of aliphatic hydroxyl groups is 1. The number of thioether (sulfide) groups is 1. The standard InChI is InChI=1S/C9H21NOS.CO2/c1-3-4-9(2,5-7-11)12-8-6-10;2-1-3/h11H,3-8,10H2,1-2H3;. The molecular formula is C10H21NO3S. The van der Waals surface area contributed by atoms with Gasteiger partial charge in [0.1, 0.15) is 0 Å². The first-order valence-electron chi connectivity index (χ1n) is 5.04. The Morgan fingerprint density at radius 3 is 2.27 bits per heavy atom. The summed E-state index contributed by atoms with van der Waals surface area (Å²) in [6, 6.07) is 0. The smallest absolute Gasteiger partial charge is 0.373 e. The van der Waals surface area contributed by atoms with E-state index in [1.807, 2.05) is 11.8 Å². The molecular weight excluding hydrogens is 214 g/mol. The molecule has 0 heterocycles. The molecule has 0 aromatic heterocycles. The number of nitrogens with two attached hydrogens (primary N) is 1. The zero-order valence-electron chi connectivity index (χ0n) is 9.49. The zero-order valence-corrected chi connectivity index (χ0v) is 10.3. The molecule has 5 heteroatoms. The third kappa shape index (κ3) is 11.6. The van der Waals surface area contributed by atoms with Crippen molar-refractivity contribution < 1.29 is 14.7 Å². The van der Waals surface area contributed by atoms with Gasteiger partial charge in [-0.05, 0) is 12.8 Å². The first-order valence-corrected chi connectivity index (χ1v) is 6.03. The van der Waals surface area contributed by atoms with Crippen LogP contribution in [0.2, 0.25) is 0 Å².